The van der Waals surface area contributed by atoms with Gasteiger partial charge in [-0.3, -0.25) is 19.6 Å². The van der Waals surface area contributed by atoms with Crippen molar-refractivity contribution in [1.82, 2.24) is 19.9 Å². The molecule has 0 radical (unpaired) electrons. The number of rotatable bonds is 0. The minimum Gasteiger partial charge on any atom is -0.339 e. The van der Waals surface area contributed by atoms with Crippen LogP contribution in [-0.4, -0.2) is 19.9 Å². The van der Waals surface area contributed by atoms with Crippen molar-refractivity contribution >= 4 is 12.2 Å². The van der Waals surface area contributed by atoms with Crippen molar-refractivity contribution in [2.24, 2.45) is 0 Å². The van der Waals surface area contributed by atoms with Crippen LogP contribution < -0.4 is 16.8 Å². The summed E-state index contributed by atoms with van der Waals surface area (Å²) < 4.78 is 0.359. The van der Waals surface area contributed by atoms with Crippen LogP contribution in [0.2, 0.25) is 0 Å². The Bertz CT molecular complexity index is 555. The van der Waals surface area contributed by atoms with Gasteiger partial charge in [0, 0.05) is 24.5 Å². The summed E-state index contributed by atoms with van der Waals surface area (Å²) in [5.41, 5.74) is -1.03. The van der Waals surface area contributed by atoms with Crippen molar-refractivity contribution in [2.75, 3.05) is 0 Å². The number of aromatic nitrogens is 4. The lowest BCUT2D eigenvalue weighted by Crippen LogP contribution is -2.19. The van der Waals surface area contributed by atoms with E-state index in [-0.39, 0.29) is 11.1 Å². The Labute approximate surface area is 93.2 Å². The average Bonchev–Trinajstić information content (AvgIpc) is 2.17. The number of nitrogens with one attached hydrogen (secondary N) is 4. The summed E-state index contributed by atoms with van der Waals surface area (Å²) in [5.74, 6) is 0. The molecule has 7 nitrogen and oxygen atoms in total. The van der Waals surface area contributed by atoms with Gasteiger partial charge in [-0.15, -0.1) is 0 Å². The fourth-order valence-corrected chi connectivity index (χ4v) is 0.934. The monoisotopic (exact) mass is 240 g/mol. The summed E-state index contributed by atoms with van der Waals surface area (Å²) in [5, 5.41) is 0. The van der Waals surface area contributed by atoms with Crippen molar-refractivity contribution in [3.8, 4) is 0 Å². The lowest BCUT2D eigenvalue weighted by molar-refractivity contribution is 1.04. The number of H-pyrrole nitrogens is 4. The Hall–Kier alpha value is -2.22. The van der Waals surface area contributed by atoms with E-state index in [9.17, 15) is 14.4 Å². The van der Waals surface area contributed by atoms with Crippen LogP contribution in [-0.2, 0) is 0 Å². The first kappa shape index (κ1) is 11.9. The Balaban J connectivity index is 0.000000160. The summed E-state index contributed by atoms with van der Waals surface area (Å²) in [4.78, 5) is 40.0. The van der Waals surface area contributed by atoms with Crippen LogP contribution in [0.1, 0.15) is 0 Å². The van der Waals surface area contributed by atoms with Gasteiger partial charge in [0.15, 0.2) is 4.77 Å². The molecular weight excluding hydrogens is 232 g/mol. The molecular formula is C8H8N4O3S. The van der Waals surface area contributed by atoms with E-state index in [0.29, 0.717) is 4.77 Å². The van der Waals surface area contributed by atoms with Crippen LogP contribution in [0.3, 0.4) is 0 Å². The third-order valence-electron chi connectivity index (χ3n) is 1.37. The summed E-state index contributed by atoms with van der Waals surface area (Å²) in [6.45, 7) is 0. The zero-order valence-corrected chi connectivity index (χ0v) is 8.76. The number of hydrogen-bond donors (Lipinski definition) is 4. The minimum absolute atomic E-state index is 0.172. The van der Waals surface area contributed by atoms with Gasteiger partial charge in [0.2, 0.25) is 0 Å². The second-order valence-electron chi connectivity index (χ2n) is 2.59. The minimum atomic E-state index is -0.475. The second kappa shape index (κ2) is 5.61. The molecule has 0 fully saturated rings. The summed E-state index contributed by atoms with van der Waals surface area (Å²) >= 11 is 4.59. The summed E-state index contributed by atoms with van der Waals surface area (Å²) in [7, 11) is 0. The predicted molar refractivity (Wildman–Crippen MR) is 59.9 cm³/mol. The third-order valence-corrected chi connectivity index (χ3v) is 1.59. The highest BCUT2D eigenvalue weighted by molar-refractivity contribution is 7.71. The molecule has 0 aliphatic carbocycles. The molecule has 0 unspecified atom stereocenters. The topological polar surface area (TPSA) is 114 Å². The Morgan fingerprint density at radius 3 is 1.75 bits per heavy atom. The highest BCUT2D eigenvalue weighted by Gasteiger charge is 1.78. The largest absolute Gasteiger partial charge is 0.339 e. The zero-order chi connectivity index (χ0) is 12.0. The van der Waals surface area contributed by atoms with E-state index < -0.39 is 5.69 Å². The molecule has 2 aromatic rings. The lowest BCUT2D eigenvalue weighted by atomic mass is 10.7. The van der Waals surface area contributed by atoms with E-state index in [1.807, 2.05) is 4.98 Å². The van der Waals surface area contributed by atoms with Crippen molar-refractivity contribution in [1.29, 1.82) is 0 Å². The maximum absolute atomic E-state index is 10.3. The van der Waals surface area contributed by atoms with Crippen LogP contribution in [0.15, 0.2) is 38.9 Å². The number of hydrogen-bond acceptors (Lipinski definition) is 4. The first-order valence-electron chi connectivity index (χ1n) is 4.14. The smallest absolute Gasteiger partial charge is 0.325 e. The molecule has 0 atom stereocenters. The molecule has 8 heteroatoms. The molecule has 0 saturated heterocycles. The van der Waals surface area contributed by atoms with Crippen molar-refractivity contribution in [3.05, 3.63) is 60.5 Å². The lowest BCUT2D eigenvalue weighted by Gasteiger charge is -1.78. The second-order valence-corrected chi connectivity index (χ2v) is 3.00. The standard InChI is InChI=1S/C4H4N2O2.C4H4N2OS/c2*7-3-1-2-5-4(8)6-3/h2*1-2H,(H2,5,6,7,8). The van der Waals surface area contributed by atoms with Gasteiger partial charge >= 0.3 is 5.69 Å². The molecule has 4 N–H and O–H groups in total. The maximum atomic E-state index is 10.3. The Morgan fingerprint density at radius 1 is 0.875 bits per heavy atom. The first-order valence-corrected chi connectivity index (χ1v) is 4.55. The number of aromatic amines is 4. The Morgan fingerprint density at radius 2 is 1.44 bits per heavy atom. The van der Waals surface area contributed by atoms with E-state index in [1.54, 1.807) is 0 Å². The SMILES string of the molecule is O=c1cc[nH]c(=O)[nH]1.O=c1cc[nH]c(=S)[nH]1. The van der Waals surface area contributed by atoms with Crippen LogP contribution in [0, 0.1) is 4.77 Å². The van der Waals surface area contributed by atoms with Crippen LogP contribution >= 0.6 is 12.2 Å². The molecule has 0 aliphatic heterocycles. The molecule has 0 aromatic carbocycles. The molecule has 0 spiro atoms. The average molecular weight is 240 g/mol. The fraction of sp³-hybridized carbons (Fsp3) is 0. The molecule has 0 amide bonds. The molecule has 0 aliphatic rings. The van der Waals surface area contributed by atoms with Gasteiger partial charge in [0.25, 0.3) is 11.1 Å². The van der Waals surface area contributed by atoms with Gasteiger partial charge in [-0.2, -0.15) is 0 Å². The normalized spacial score (nSPS) is 9.00. The van der Waals surface area contributed by atoms with Gasteiger partial charge in [-0.25, -0.2) is 4.79 Å². The summed E-state index contributed by atoms with van der Waals surface area (Å²) in [6, 6.07) is 2.61. The zero-order valence-electron chi connectivity index (χ0n) is 7.94. The van der Waals surface area contributed by atoms with Gasteiger partial charge in [-0.05, 0) is 12.2 Å². The molecule has 16 heavy (non-hydrogen) atoms. The van der Waals surface area contributed by atoms with Crippen molar-refractivity contribution in [2.45, 2.75) is 0 Å². The van der Waals surface area contributed by atoms with Crippen LogP contribution in [0.5, 0.6) is 0 Å². The van der Waals surface area contributed by atoms with Gasteiger partial charge in [0.05, 0.1) is 0 Å². The summed E-state index contributed by atoms with van der Waals surface area (Å²) in [6.07, 6.45) is 2.79. The fourth-order valence-electron chi connectivity index (χ4n) is 0.765. The van der Waals surface area contributed by atoms with Crippen LogP contribution in [0.25, 0.3) is 0 Å². The molecule has 2 heterocycles. The molecule has 0 saturated carbocycles. The van der Waals surface area contributed by atoms with Gasteiger partial charge in [0.1, 0.15) is 0 Å². The predicted octanol–water partition coefficient (Wildman–Crippen LogP) is -0.504. The van der Waals surface area contributed by atoms with Crippen molar-refractivity contribution in [3.63, 3.8) is 0 Å². The molecule has 2 aromatic heterocycles. The van der Waals surface area contributed by atoms with Crippen molar-refractivity contribution < 1.29 is 0 Å². The van der Waals surface area contributed by atoms with E-state index in [2.05, 4.69) is 27.2 Å². The Kier molecular flexibility index (Phi) is 4.16. The van der Waals surface area contributed by atoms with E-state index in [4.69, 9.17) is 0 Å². The maximum Gasteiger partial charge on any atom is 0.325 e. The van der Waals surface area contributed by atoms with Gasteiger partial charge < -0.3 is 9.97 Å². The third kappa shape index (κ3) is 4.33. The molecule has 2 rings (SSSR count). The first-order chi connectivity index (χ1) is 7.58. The molecule has 84 valence electrons. The highest BCUT2D eigenvalue weighted by atomic mass is 32.1. The van der Waals surface area contributed by atoms with E-state index >= 15 is 0 Å². The highest BCUT2D eigenvalue weighted by Crippen LogP contribution is 1.67. The van der Waals surface area contributed by atoms with E-state index in [1.165, 1.54) is 24.5 Å². The van der Waals surface area contributed by atoms with Crippen LogP contribution in [0.4, 0.5) is 0 Å². The quantitative estimate of drug-likeness (QED) is 0.464. The van der Waals surface area contributed by atoms with E-state index in [0.717, 1.165) is 0 Å². The van der Waals surface area contributed by atoms with Gasteiger partial charge in [-0.1, -0.05) is 0 Å². The molecule has 0 bridgehead atoms.